The molecular weight excluding hydrogens is 269 g/mol. The fourth-order valence-electron chi connectivity index (χ4n) is 1.73. The second kappa shape index (κ2) is 6.52. The number of nitrogens with zero attached hydrogens (tertiary/aromatic N) is 2. The van der Waals surface area contributed by atoms with Gasteiger partial charge in [0.05, 0.1) is 0 Å². The van der Waals surface area contributed by atoms with Gasteiger partial charge in [-0.25, -0.2) is 4.39 Å². The lowest BCUT2D eigenvalue weighted by Crippen LogP contribution is -2.18. The molecule has 1 unspecified atom stereocenters. The van der Waals surface area contributed by atoms with E-state index in [9.17, 15) is 4.39 Å². The van der Waals surface area contributed by atoms with E-state index in [1.54, 1.807) is 12.1 Å². The maximum Gasteiger partial charge on any atom is 0.315 e. The summed E-state index contributed by atoms with van der Waals surface area (Å²) in [7, 11) is 0. The van der Waals surface area contributed by atoms with E-state index in [0.29, 0.717) is 24.2 Å². The van der Waals surface area contributed by atoms with Crippen molar-refractivity contribution in [2.75, 3.05) is 11.2 Å². The molecule has 0 saturated carbocycles. The van der Waals surface area contributed by atoms with Gasteiger partial charge in [0.15, 0.2) is 0 Å². The smallest absolute Gasteiger partial charge is 0.315 e. The third-order valence-electron chi connectivity index (χ3n) is 2.60. The van der Waals surface area contributed by atoms with E-state index in [-0.39, 0.29) is 11.9 Å². The van der Waals surface area contributed by atoms with Crippen LogP contribution in [0.15, 0.2) is 28.7 Å². The summed E-state index contributed by atoms with van der Waals surface area (Å²) in [6, 6.07) is 6.92. The van der Waals surface area contributed by atoms with Crippen LogP contribution in [0.3, 0.4) is 0 Å². The summed E-state index contributed by atoms with van der Waals surface area (Å²) < 4.78 is 18.2. The van der Waals surface area contributed by atoms with Gasteiger partial charge in [0.25, 0.3) is 0 Å². The molecule has 1 aromatic carbocycles. The molecule has 1 heterocycles. The highest BCUT2D eigenvalue weighted by Gasteiger charge is 2.09. The van der Waals surface area contributed by atoms with Crippen molar-refractivity contribution in [2.24, 2.45) is 0 Å². The summed E-state index contributed by atoms with van der Waals surface area (Å²) in [4.78, 5) is 0. The molecule has 19 heavy (non-hydrogen) atoms. The zero-order valence-electron chi connectivity index (χ0n) is 10.6. The maximum absolute atomic E-state index is 12.8. The monoisotopic (exact) mass is 283 g/mol. The lowest BCUT2D eigenvalue weighted by atomic mass is 10.1. The van der Waals surface area contributed by atoms with Crippen molar-refractivity contribution in [3.8, 4) is 0 Å². The Bertz CT molecular complexity index is 515. The summed E-state index contributed by atoms with van der Waals surface area (Å²) in [5, 5.41) is 10.9. The van der Waals surface area contributed by atoms with Gasteiger partial charge in [-0.2, -0.15) is 0 Å². The van der Waals surface area contributed by atoms with Crippen LogP contribution in [0, 0.1) is 5.82 Å². The van der Waals surface area contributed by atoms with Crippen LogP contribution in [-0.4, -0.2) is 22.1 Å². The first-order valence-corrected chi connectivity index (χ1v) is 6.60. The van der Waals surface area contributed by atoms with Crippen molar-refractivity contribution < 1.29 is 8.81 Å². The first-order chi connectivity index (χ1) is 9.17. The SMILES string of the molecule is CC(Cc1ccc(F)cc1)Nc1nnc(CCCl)o1. The number of aryl methyl sites for hydroxylation is 1. The summed E-state index contributed by atoms with van der Waals surface area (Å²) in [5.74, 6) is 0.741. The summed E-state index contributed by atoms with van der Waals surface area (Å²) in [6.07, 6.45) is 1.30. The van der Waals surface area contributed by atoms with Crippen molar-refractivity contribution in [1.29, 1.82) is 0 Å². The molecule has 102 valence electrons. The fourth-order valence-corrected chi connectivity index (χ4v) is 1.89. The van der Waals surface area contributed by atoms with E-state index in [1.165, 1.54) is 12.1 Å². The van der Waals surface area contributed by atoms with Gasteiger partial charge in [-0.15, -0.1) is 16.7 Å². The second-order valence-corrected chi connectivity index (χ2v) is 4.69. The van der Waals surface area contributed by atoms with E-state index in [0.717, 1.165) is 12.0 Å². The second-order valence-electron chi connectivity index (χ2n) is 4.32. The third-order valence-corrected chi connectivity index (χ3v) is 2.79. The van der Waals surface area contributed by atoms with Crippen molar-refractivity contribution >= 4 is 17.6 Å². The van der Waals surface area contributed by atoms with Gasteiger partial charge in [0, 0.05) is 18.3 Å². The van der Waals surface area contributed by atoms with Crippen molar-refractivity contribution in [3.05, 3.63) is 41.5 Å². The molecule has 0 fully saturated rings. The summed E-state index contributed by atoms with van der Waals surface area (Å²) in [5.41, 5.74) is 1.04. The molecule has 2 rings (SSSR count). The van der Waals surface area contributed by atoms with Crippen LogP contribution in [0.2, 0.25) is 0 Å². The molecule has 1 aromatic heterocycles. The molecule has 0 aliphatic rings. The van der Waals surface area contributed by atoms with Crippen LogP contribution in [0.1, 0.15) is 18.4 Å². The molecule has 0 amide bonds. The number of nitrogens with one attached hydrogen (secondary N) is 1. The van der Waals surface area contributed by atoms with Gasteiger partial charge < -0.3 is 9.73 Å². The lowest BCUT2D eigenvalue weighted by Gasteiger charge is -2.11. The quantitative estimate of drug-likeness (QED) is 0.828. The Morgan fingerprint density at radius 2 is 2.05 bits per heavy atom. The van der Waals surface area contributed by atoms with Gasteiger partial charge >= 0.3 is 6.01 Å². The maximum atomic E-state index is 12.8. The van der Waals surface area contributed by atoms with Crippen LogP contribution >= 0.6 is 11.6 Å². The zero-order valence-corrected chi connectivity index (χ0v) is 11.3. The predicted octanol–water partition coefficient (Wildman–Crippen LogP) is 3.03. The number of anilines is 1. The summed E-state index contributed by atoms with van der Waals surface area (Å²) in [6.45, 7) is 1.99. The fraction of sp³-hybridized carbons (Fsp3) is 0.385. The Morgan fingerprint density at radius 3 is 2.74 bits per heavy atom. The van der Waals surface area contributed by atoms with E-state index in [2.05, 4.69) is 15.5 Å². The Balaban J connectivity index is 1.89. The molecule has 0 aliphatic carbocycles. The number of benzene rings is 1. The van der Waals surface area contributed by atoms with E-state index < -0.39 is 0 Å². The van der Waals surface area contributed by atoms with Crippen molar-refractivity contribution in [3.63, 3.8) is 0 Å². The highest BCUT2D eigenvalue weighted by atomic mass is 35.5. The highest BCUT2D eigenvalue weighted by Crippen LogP contribution is 2.11. The molecule has 0 aliphatic heterocycles. The van der Waals surface area contributed by atoms with Crippen LogP contribution < -0.4 is 5.32 Å². The van der Waals surface area contributed by atoms with Gasteiger partial charge in [-0.1, -0.05) is 17.2 Å². The van der Waals surface area contributed by atoms with Crippen molar-refractivity contribution in [2.45, 2.75) is 25.8 Å². The van der Waals surface area contributed by atoms with Crippen molar-refractivity contribution in [1.82, 2.24) is 10.2 Å². The number of alkyl halides is 1. The van der Waals surface area contributed by atoms with Gasteiger partial charge in [-0.05, 0) is 31.0 Å². The molecule has 0 saturated heterocycles. The van der Waals surface area contributed by atoms with Crippen LogP contribution in [0.4, 0.5) is 10.4 Å². The Morgan fingerprint density at radius 1 is 1.32 bits per heavy atom. The molecule has 4 nitrogen and oxygen atoms in total. The molecule has 0 radical (unpaired) electrons. The summed E-state index contributed by atoms with van der Waals surface area (Å²) >= 11 is 5.59. The first kappa shape index (κ1) is 13.8. The first-order valence-electron chi connectivity index (χ1n) is 6.06. The van der Waals surface area contributed by atoms with E-state index in [1.807, 2.05) is 6.92 Å². The Kier molecular flexibility index (Phi) is 4.74. The van der Waals surface area contributed by atoms with E-state index in [4.69, 9.17) is 16.0 Å². The minimum atomic E-state index is -0.230. The molecule has 0 spiro atoms. The average Bonchev–Trinajstić information content (AvgIpc) is 2.80. The molecule has 1 N–H and O–H groups in total. The number of hydrogen-bond acceptors (Lipinski definition) is 4. The Labute approximate surface area is 116 Å². The zero-order chi connectivity index (χ0) is 13.7. The highest BCUT2D eigenvalue weighted by molar-refractivity contribution is 6.17. The van der Waals surface area contributed by atoms with Gasteiger partial charge in [0.1, 0.15) is 5.82 Å². The minimum absolute atomic E-state index is 0.106. The number of halogens is 2. The molecule has 1 atom stereocenters. The molecular formula is C13H15ClFN3O. The minimum Gasteiger partial charge on any atom is -0.408 e. The topological polar surface area (TPSA) is 51.0 Å². The normalized spacial score (nSPS) is 12.4. The number of rotatable bonds is 6. The average molecular weight is 284 g/mol. The van der Waals surface area contributed by atoms with E-state index >= 15 is 0 Å². The van der Waals surface area contributed by atoms with Crippen LogP contribution in [-0.2, 0) is 12.8 Å². The Hall–Kier alpha value is -1.62. The lowest BCUT2D eigenvalue weighted by molar-refractivity contribution is 0.506. The largest absolute Gasteiger partial charge is 0.408 e. The standard InChI is InChI=1S/C13H15ClFN3O/c1-9(8-10-2-4-11(15)5-3-10)16-13-18-17-12(19-13)6-7-14/h2-5,9H,6-8H2,1H3,(H,16,18). The van der Waals surface area contributed by atoms with Gasteiger partial charge in [0.2, 0.25) is 5.89 Å². The predicted molar refractivity (Wildman–Crippen MR) is 71.9 cm³/mol. The number of hydrogen-bond donors (Lipinski definition) is 1. The third kappa shape index (κ3) is 4.21. The molecule has 2 aromatic rings. The van der Waals surface area contributed by atoms with Gasteiger partial charge in [-0.3, -0.25) is 0 Å². The molecule has 0 bridgehead atoms. The molecule has 6 heteroatoms. The van der Waals surface area contributed by atoms with Crippen LogP contribution in [0.5, 0.6) is 0 Å². The number of aromatic nitrogens is 2. The van der Waals surface area contributed by atoms with Crippen LogP contribution in [0.25, 0.3) is 0 Å².